The summed E-state index contributed by atoms with van der Waals surface area (Å²) in [5.74, 6) is 0. The Hall–Kier alpha value is -1.28. The molecule has 1 nitrogen and oxygen atoms in total. The summed E-state index contributed by atoms with van der Waals surface area (Å²) in [4.78, 5) is 0. The predicted octanol–water partition coefficient (Wildman–Crippen LogP) is 3.71. The van der Waals surface area contributed by atoms with Crippen molar-refractivity contribution in [2.75, 3.05) is 0 Å². The van der Waals surface area contributed by atoms with Crippen molar-refractivity contribution in [2.45, 2.75) is 26.1 Å². The molecule has 0 unspecified atom stereocenters. The van der Waals surface area contributed by atoms with E-state index in [1.807, 2.05) is 18.2 Å². The fourth-order valence-corrected chi connectivity index (χ4v) is 3.61. The third-order valence-corrected chi connectivity index (χ3v) is 4.49. The number of allylic oxidation sites excluding steroid dienone is 1. The van der Waals surface area contributed by atoms with Crippen molar-refractivity contribution in [2.24, 2.45) is 0 Å². The molecule has 1 heterocycles. The van der Waals surface area contributed by atoms with E-state index >= 15 is 0 Å². The molecule has 2 heteroatoms. The van der Waals surface area contributed by atoms with E-state index in [0.29, 0.717) is 0 Å². The molecule has 0 saturated heterocycles. The number of para-hydroxylation sites is 1. The van der Waals surface area contributed by atoms with Crippen molar-refractivity contribution in [3.8, 4) is 0 Å². The van der Waals surface area contributed by atoms with Crippen molar-refractivity contribution >= 4 is 24.4 Å². The second kappa shape index (κ2) is 3.94. The molecule has 0 bridgehead atoms. The lowest BCUT2D eigenvalue weighted by Crippen LogP contribution is -2.38. The van der Waals surface area contributed by atoms with Gasteiger partial charge in [0.2, 0.25) is 0 Å². The van der Waals surface area contributed by atoms with Crippen LogP contribution in [0.15, 0.2) is 41.3 Å². The van der Waals surface area contributed by atoms with Gasteiger partial charge in [0.15, 0.2) is 0 Å². The maximum Gasteiger partial charge on any atom is 0.133 e. The molecule has 16 heavy (non-hydrogen) atoms. The van der Waals surface area contributed by atoms with E-state index in [-0.39, 0.29) is 0 Å². The molecule has 2 rings (SSSR count). The Bertz CT molecular complexity index is 517. The molecule has 0 aliphatic rings. The minimum absolute atomic E-state index is 0.899. The average Bonchev–Trinajstić information content (AvgIpc) is 2.58. The smallest absolute Gasteiger partial charge is 0.133 e. The highest BCUT2D eigenvalue weighted by atomic mass is 28.3. The minimum Gasteiger partial charge on any atom is -0.466 e. The van der Waals surface area contributed by atoms with Crippen LogP contribution in [-0.2, 0) is 6.42 Å². The summed E-state index contributed by atoms with van der Waals surface area (Å²) in [5.41, 5.74) is 2.35. The predicted molar refractivity (Wildman–Crippen MR) is 73.1 cm³/mol. The summed E-state index contributed by atoms with van der Waals surface area (Å²) in [6.07, 6.45) is 2.86. The summed E-state index contributed by atoms with van der Waals surface area (Å²) in [7, 11) is -1.41. The van der Waals surface area contributed by atoms with E-state index in [1.165, 1.54) is 16.3 Å². The van der Waals surface area contributed by atoms with Crippen LogP contribution < -0.4 is 5.38 Å². The first kappa shape index (κ1) is 11.2. The molecule has 1 aromatic heterocycles. The van der Waals surface area contributed by atoms with Crippen molar-refractivity contribution < 1.29 is 4.42 Å². The summed E-state index contributed by atoms with van der Waals surface area (Å²) >= 11 is 0. The molecule has 0 spiro atoms. The quantitative estimate of drug-likeness (QED) is 0.579. The second-order valence-corrected chi connectivity index (χ2v) is 10.1. The van der Waals surface area contributed by atoms with Crippen molar-refractivity contribution in [3.05, 3.63) is 42.5 Å². The summed E-state index contributed by atoms with van der Waals surface area (Å²) in [6, 6.07) is 8.28. The van der Waals surface area contributed by atoms with Gasteiger partial charge in [0.05, 0.1) is 5.38 Å². The van der Waals surface area contributed by atoms with E-state index < -0.39 is 8.07 Å². The van der Waals surface area contributed by atoms with Gasteiger partial charge in [0, 0.05) is 10.9 Å². The van der Waals surface area contributed by atoms with Crippen LogP contribution in [0.3, 0.4) is 0 Å². The first-order valence-electron chi connectivity index (χ1n) is 5.66. The van der Waals surface area contributed by atoms with E-state index in [9.17, 15) is 0 Å². The Balaban J connectivity index is 2.72. The molecule has 0 saturated carbocycles. The van der Waals surface area contributed by atoms with Gasteiger partial charge in [-0.2, -0.15) is 0 Å². The number of hydrogen-bond donors (Lipinski definition) is 0. The average molecular weight is 230 g/mol. The monoisotopic (exact) mass is 230 g/mol. The molecule has 0 fully saturated rings. The molecular formula is C14H18OSi. The van der Waals surface area contributed by atoms with Gasteiger partial charge in [0.25, 0.3) is 0 Å². The maximum absolute atomic E-state index is 6.03. The van der Waals surface area contributed by atoms with E-state index in [2.05, 4.69) is 38.4 Å². The fourth-order valence-electron chi connectivity index (χ4n) is 2.05. The minimum atomic E-state index is -1.41. The van der Waals surface area contributed by atoms with E-state index in [0.717, 1.165) is 12.0 Å². The molecule has 0 atom stereocenters. The van der Waals surface area contributed by atoms with Crippen LogP contribution in [-0.4, -0.2) is 8.07 Å². The number of hydrogen-bond acceptors (Lipinski definition) is 1. The van der Waals surface area contributed by atoms with Crippen LogP contribution in [0.25, 0.3) is 11.0 Å². The van der Waals surface area contributed by atoms with Gasteiger partial charge in [-0.05, 0) is 12.5 Å². The van der Waals surface area contributed by atoms with Crippen LogP contribution in [0.5, 0.6) is 0 Å². The van der Waals surface area contributed by atoms with Crippen LogP contribution in [0, 0.1) is 0 Å². The van der Waals surface area contributed by atoms with Crippen LogP contribution in [0.2, 0.25) is 19.6 Å². The Labute approximate surface area is 97.8 Å². The van der Waals surface area contributed by atoms with Gasteiger partial charge < -0.3 is 4.42 Å². The van der Waals surface area contributed by atoms with Crippen molar-refractivity contribution in [1.29, 1.82) is 0 Å². The van der Waals surface area contributed by atoms with E-state index in [4.69, 9.17) is 4.42 Å². The molecule has 0 amide bonds. The molecule has 0 N–H and O–H groups in total. The Kier molecular flexibility index (Phi) is 2.76. The van der Waals surface area contributed by atoms with Gasteiger partial charge in [-0.1, -0.05) is 43.9 Å². The molecule has 0 radical (unpaired) electrons. The van der Waals surface area contributed by atoms with Crippen LogP contribution in [0.1, 0.15) is 5.56 Å². The maximum atomic E-state index is 6.03. The summed E-state index contributed by atoms with van der Waals surface area (Å²) in [6.45, 7) is 10.8. The number of benzene rings is 1. The highest BCUT2D eigenvalue weighted by Crippen LogP contribution is 2.22. The highest BCUT2D eigenvalue weighted by molar-refractivity contribution is 6.88. The normalized spacial score (nSPS) is 11.9. The van der Waals surface area contributed by atoms with Gasteiger partial charge in [-0.3, -0.25) is 0 Å². The molecule has 1 aromatic carbocycles. The van der Waals surface area contributed by atoms with Crippen molar-refractivity contribution in [1.82, 2.24) is 0 Å². The van der Waals surface area contributed by atoms with Gasteiger partial charge in [0.1, 0.15) is 13.7 Å². The summed E-state index contributed by atoms with van der Waals surface area (Å²) in [5, 5.41) is 2.47. The second-order valence-electron chi connectivity index (χ2n) is 5.15. The number of rotatable bonds is 3. The third kappa shape index (κ3) is 1.85. The largest absolute Gasteiger partial charge is 0.466 e. The molecule has 2 aromatic rings. The molecule has 84 valence electrons. The first-order valence-corrected chi connectivity index (χ1v) is 9.16. The fraction of sp³-hybridized carbons (Fsp3) is 0.286. The van der Waals surface area contributed by atoms with Gasteiger partial charge >= 0.3 is 0 Å². The standard InChI is InChI=1S/C14H18OSi/c1-5-8-12-11-9-6-7-10-13(11)15-14(12)16(2,3)4/h5-7,9-10H,1,8H2,2-4H3. The number of fused-ring (bicyclic) bond motifs is 1. The zero-order chi connectivity index (χ0) is 11.8. The lowest BCUT2D eigenvalue weighted by Gasteiger charge is -2.14. The van der Waals surface area contributed by atoms with E-state index in [1.54, 1.807) is 0 Å². The van der Waals surface area contributed by atoms with Crippen LogP contribution >= 0.6 is 0 Å². The Morgan fingerprint density at radius 3 is 2.56 bits per heavy atom. The SMILES string of the molecule is C=CCc1c([Si](C)(C)C)oc2ccccc12. The zero-order valence-corrected chi connectivity index (χ0v) is 11.2. The topological polar surface area (TPSA) is 13.1 Å². The van der Waals surface area contributed by atoms with Crippen LogP contribution in [0.4, 0.5) is 0 Å². The lowest BCUT2D eigenvalue weighted by atomic mass is 10.1. The highest BCUT2D eigenvalue weighted by Gasteiger charge is 2.26. The first-order chi connectivity index (χ1) is 7.54. The lowest BCUT2D eigenvalue weighted by molar-refractivity contribution is 0.645. The Morgan fingerprint density at radius 1 is 1.25 bits per heavy atom. The molecule has 0 aliphatic carbocycles. The van der Waals surface area contributed by atoms with Crippen molar-refractivity contribution in [3.63, 3.8) is 0 Å². The third-order valence-electron chi connectivity index (χ3n) is 2.73. The number of furan rings is 1. The van der Waals surface area contributed by atoms with Gasteiger partial charge in [-0.15, -0.1) is 6.58 Å². The molecular weight excluding hydrogens is 212 g/mol. The molecule has 0 aliphatic heterocycles. The zero-order valence-electron chi connectivity index (χ0n) is 10.2. The Morgan fingerprint density at radius 2 is 1.94 bits per heavy atom. The van der Waals surface area contributed by atoms with Gasteiger partial charge in [-0.25, -0.2) is 0 Å². The summed E-state index contributed by atoms with van der Waals surface area (Å²) < 4.78 is 6.03.